The van der Waals surface area contributed by atoms with Gasteiger partial charge in [-0.15, -0.1) is 0 Å². The molecule has 0 fully saturated rings. The Labute approximate surface area is 133 Å². The summed E-state index contributed by atoms with van der Waals surface area (Å²) in [5.74, 6) is 1.56. The number of ether oxygens (including phenoxy) is 1. The molecule has 0 saturated heterocycles. The van der Waals surface area contributed by atoms with Crippen LogP contribution in [0.25, 0.3) is 0 Å². The molecule has 5 heteroatoms. The van der Waals surface area contributed by atoms with Crippen molar-refractivity contribution in [2.45, 2.75) is 0 Å². The SMILES string of the molecule is Brc1ccc(Oc2ccc(Br)c(Br)c2)c(Br)c1. The van der Waals surface area contributed by atoms with Crippen molar-refractivity contribution >= 4 is 63.7 Å². The van der Waals surface area contributed by atoms with Crippen LogP contribution in [-0.2, 0) is 0 Å². The van der Waals surface area contributed by atoms with Crippen molar-refractivity contribution in [3.05, 3.63) is 54.3 Å². The molecule has 0 unspecified atom stereocenters. The predicted molar refractivity (Wildman–Crippen MR) is 83.8 cm³/mol. The highest BCUT2D eigenvalue weighted by molar-refractivity contribution is 9.13. The molecule has 0 aromatic heterocycles. The van der Waals surface area contributed by atoms with E-state index in [1.54, 1.807) is 0 Å². The average Bonchev–Trinajstić information content (AvgIpc) is 2.27. The fourth-order valence-corrected chi connectivity index (χ4v) is 2.96. The van der Waals surface area contributed by atoms with Gasteiger partial charge in [0.1, 0.15) is 11.5 Å². The van der Waals surface area contributed by atoms with Gasteiger partial charge in [0.15, 0.2) is 0 Å². The first-order valence-electron chi connectivity index (χ1n) is 4.64. The van der Waals surface area contributed by atoms with Crippen molar-refractivity contribution in [1.29, 1.82) is 0 Å². The molecule has 0 heterocycles. The van der Waals surface area contributed by atoms with Crippen LogP contribution >= 0.6 is 63.7 Å². The molecule has 0 atom stereocenters. The largest absolute Gasteiger partial charge is 0.456 e. The summed E-state index contributed by atoms with van der Waals surface area (Å²) in [6.45, 7) is 0. The molecule has 0 N–H and O–H groups in total. The van der Waals surface area contributed by atoms with Crippen LogP contribution in [0.3, 0.4) is 0 Å². The van der Waals surface area contributed by atoms with Crippen LogP contribution in [0.1, 0.15) is 0 Å². The third-order valence-corrected chi connectivity index (χ3v) is 5.01. The van der Waals surface area contributed by atoms with E-state index in [2.05, 4.69) is 63.7 Å². The Bertz CT molecular complexity index is 554. The third kappa shape index (κ3) is 3.56. The number of benzene rings is 2. The molecule has 0 spiro atoms. The van der Waals surface area contributed by atoms with Gasteiger partial charge >= 0.3 is 0 Å². The van der Waals surface area contributed by atoms with Crippen molar-refractivity contribution < 1.29 is 4.74 Å². The van der Waals surface area contributed by atoms with E-state index >= 15 is 0 Å². The second-order valence-electron chi connectivity index (χ2n) is 3.25. The molecule has 0 aliphatic carbocycles. The van der Waals surface area contributed by atoms with Gasteiger partial charge in [-0.2, -0.15) is 0 Å². The zero-order valence-corrected chi connectivity index (χ0v) is 14.7. The summed E-state index contributed by atoms with van der Waals surface area (Å²) in [5.41, 5.74) is 0. The fraction of sp³-hybridized carbons (Fsp3) is 0. The van der Waals surface area contributed by atoms with E-state index < -0.39 is 0 Å². The maximum atomic E-state index is 5.78. The van der Waals surface area contributed by atoms with Gasteiger partial charge in [0.25, 0.3) is 0 Å². The highest BCUT2D eigenvalue weighted by atomic mass is 79.9. The molecule has 88 valence electrons. The molecule has 0 radical (unpaired) electrons. The number of halogens is 4. The normalized spacial score (nSPS) is 10.4. The number of hydrogen-bond donors (Lipinski definition) is 0. The van der Waals surface area contributed by atoms with Crippen LogP contribution in [0.5, 0.6) is 11.5 Å². The maximum absolute atomic E-state index is 5.78. The maximum Gasteiger partial charge on any atom is 0.141 e. The Morgan fingerprint density at radius 3 is 2.12 bits per heavy atom. The second-order valence-corrected chi connectivity index (χ2v) is 6.73. The Morgan fingerprint density at radius 1 is 0.706 bits per heavy atom. The summed E-state index contributed by atoms with van der Waals surface area (Å²) >= 11 is 13.7. The van der Waals surface area contributed by atoms with E-state index in [0.717, 1.165) is 29.4 Å². The molecule has 2 aromatic carbocycles. The molecule has 1 nitrogen and oxygen atoms in total. The molecular formula is C12H6Br4O. The number of hydrogen-bond acceptors (Lipinski definition) is 1. The topological polar surface area (TPSA) is 9.23 Å². The lowest BCUT2D eigenvalue weighted by Gasteiger charge is -2.08. The number of rotatable bonds is 2. The summed E-state index contributed by atoms with van der Waals surface area (Å²) in [6, 6.07) is 11.6. The molecule has 0 bridgehead atoms. The van der Waals surface area contributed by atoms with Gasteiger partial charge in [-0.3, -0.25) is 0 Å². The van der Waals surface area contributed by atoms with Crippen LogP contribution in [0.2, 0.25) is 0 Å². The Balaban J connectivity index is 2.28. The molecule has 2 rings (SSSR count). The first-order valence-corrected chi connectivity index (χ1v) is 7.81. The van der Waals surface area contributed by atoms with Gasteiger partial charge in [0, 0.05) is 13.4 Å². The third-order valence-electron chi connectivity index (χ3n) is 2.01. The molecular weight excluding hydrogens is 480 g/mol. The van der Waals surface area contributed by atoms with E-state index in [4.69, 9.17) is 4.74 Å². The molecule has 0 aliphatic rings. The molecule has 0 saturated carbocycles. The Morgan fingerprint density at radius 2 is 1.47 bits per heavy atom. The van der Waals surface area contributed by atoms with E-state index in [-0.39, 0.29) is 0 Å². The van der Waals surface area contributed by atoms with Crippen molar-refractivity contribution in [2.75, 3.05) is 0 Å². The quantitative estimate of drug-likeness (QED) is 0.470. The zero-order valence-electron chi connectivity index (χ0n) is 8.38. The summed E-state index contributed by atoms with van der Waals surface area (Å²) in [6.07, 6.45) is 0. The highest BCUT2D eigenvalue weighted by Crippen LogP contribution is 2.34. The van der Waals surface area contributed by atoms with Gasteiger partial charge in [-0.25, -0.2) is 0 Å². The van der Waals surface area contributed by atoms with Crippen molar-refractivity contribution in [3.63, 3.8) is 0 Å². The van der Waals surface area contributed by atoms with Gasteiger partial charge in [-0.05, 0) is 84.2 Å². The lowest BCUT2D eigenvalue weighted by molar-refractivity contribution is 0.479. The monoisotopic (exact) mass is 482 g/mol. The summed E-state index contributed by atoms with van der Waals surface area (Å²) < 4.78 is 9.66. The van der Waals surface area contributed by atoms with E-state index in [9.17, 15) is 0 Å². The fourth-order valence-electron chi connectivity index (χ4n) is 1.23. The Kier molecular flexibility index (Phi) is 4.69. The first kappa shape index (κ1) is 13.6. The smallest absolute Gasteiger partial charge is 0.141 e. The predicted octanol–water partition coefficient (Wildman–Crippen LogP) is 6.53. The minimum atomic E-state index is 0.780. The van der Waals surface area contributed by atoms with E-state index in [1.165, 1.54) is 0 Å². The molecule has 17 heavy (non-hydrogen) atoms. The van der Waals surface area contributed by atoms with Crippen LogP contribution in [0.15, 0.2) is 54.3 Å². The summed E-state index contributed by atoms with van der Waals surface area (Å²) in [4.78, 5) is 0. The van der Waals surface area contributed by atoms with Crippen LogP contribution < -0.4 is 4.74 Å². The molecule has 0 amide bonds. The minimum Gasteiger partial charge on any atom is -0.456 e. The van der Waals surface area contributed by atoms with E-state index in [0.29, 0.717) is 0 Å². The van der Waals surface area contributed by atoms with Crippen LogP contribution in [0, 0.1) is 0 Å². The zero-order chi connectivity index (χ0) is 12.4. The van der Waals surface area contributed by atoms with Crippen molar-refractivity contribution in [3.8, 4) is 11.5 Å². The highest BCUT2D eigenvalue weighted by Gasteiger charge is 2.05. The van der Waals surface area contributed by atoms with Gasteiger partial charge in [0.2, 0.25) is 0 Å². The van der Waals surface area contributed by atoms with Gasteiger partial charge in [0.05, 0.1) is 4.47 Å². The van der Waals surface area contributed by atoms with Crippen molar-refractivity contribution in [1.82, 2.24) is 0 Å². The van der Waals surface area contributed by atoms with Crippen LogP contribution in [-0.4, -0.2) is 0 Å². The summed E-state index contributed by atoms with van der Waals surface area (Å²) in [7, 11) is 0. The van der Waals surface area contributed by atoms with Gasteiger partial charge in [-0.1, -0.05) is 15.9 Å². The average molecular weight is 486 g/mol. The van der Waals surface area contributed by atoms with Gasteiger partial charge < -0.3 is 4.74 Å². The standard InChI is InChI=1S/C12H6Br4O/c13-7-1-4-12(11(16)5-7)17-8-2-3-9(14)10(15)6-8/h1-6H. The van der Waals surface area contributed by atoms with Crippen LogP contribution in [0.4, 0.5) is 0 Å². The summed E-state index contributed by atoms with van der Waals surface area (Å²) in [5, 5.41) is 0. The second kappa shape index (κ2) is 5.87. The lowest BCUT2D eigenvalue weighted by Crippen LogP contribution is -1.85. The minimum absolute atomic E-state index is 0.780. The molecule has 2 aromatic rings. The van der Waals surface area contributed by atoms with E-state index in [1.807, 2.05) is 36.4 Å². The Hall–Kier alpha value is 0.160. The first-order chi connectivity index (χ1) is 8.06. The lowest BCUT2D eigenvalue weighted by atomic mass is 10.3. The molecule has 0 aliphatic heterocycles. The van der Waals surface area contributed by atoms with Crippen molar-refractivity contribution in [2.24, 2.45) is 0 Å².